The van der Waals surface area contributed by atoms with Crippen LogP contribution in [0, 0.1) is 6.92 Å². The van der Waals surface area contributed by atoms with E-state index >= 15 is 0 Å². The largest absolute Gasteiger partial charge is 0.507 e. The molecule has 7 heteroatoms. The van der Waals surface area contributed by atoms with Gasteiger partial charge in [0.1, 0.15) is 17.1 Å². The lowest BCUT2D eigenvalue weighted by Crippen LogP contribution is -2.13. The normalized spacial score (nSPS) is 11.8. The molecule has 1 N–H and O–H groups in total. The maximum Gasteiger partial charge on any atom is 0.416 e. The SMILES string of the molecule is Cc1cc(O)c(C(=O)C=Cc2ccccc2C(F)(F)F)c(=O)o1. The van der Waals surface area contributed by atoms with Crippen molar-refractivity contribution in [3.8, 4) is 5.75 Å². The molecular formula is C16H11F3O4. The van der Waals surface area contributed by atoms with Crippen LogP contribution in [-0.4, -0.2) is 10.9 Å². The zero-order valence-electron chi connectivity index (χ0n) is 11.8. The maximum absolute atomic E-state index is 12.8. The van der Waals surface area contributed by atoms with Gasteiger partial charge < -0.3 is 9.52 Å². The van der Waals surface area contributed by atoms with Crippen molar-refractivity contribution >= 4 is 11.9 Å². The van der Waals surface area contributed by atoms with E-state index in [9.17, 15) is 27.9 Å². The number of halogens is 3. The van der Waals surface area contributed by atoms with Crippen LogP contribution in [-0.2, 0) is 6.18 Å². The van der Waals surface area contributed by atoms with Gasteiger partial charge in [0, 0.05) is 6.07 Å². The first-order valence-corrected chi connectivity index (χ1v) is 6.42. The van der Waals surface area contributed by atoms with E-state index in [2.05, 4.69) is 4.42 Å². The van der Waals surface area contributed by atoms with Gasteiger partial charge in [-0.1, -0.05) is 24.3 Å². The van der Waals surface area contributed by atoms with Gasteiger partial charge in [-0.05, 0) is 24.6 Å². The zero-order chi connectivity index (χ0) is 17.2. The minimum Gasteiger partial charge on any atom is -0.507 e. The Hall–Kier alpha value is -2.83. The number of aryl methyl sites for hydroxylation is 1. The second kappa shape index (κ2) is 6.12. The van der Waals surface area contributed by atoms with Crippen molar-refractivity contribution in [3.63, 3.8) is 0 Å². The number of benzene rings is 1. The molecule has 0 aliphatic carbocycles. The Bertz CT molecular complexity index is 832. The van der Waals surface area contributed by atoms with Crippen molar-refractivity contribution in [2.24, 2.45) is 0 Å². The predicted molar refractivity (Wildman–Crippen MR) is 76.2 cm³/mol. The Labute approximate surface area is 128 Å². The standard InChI is InChI=1S/C16H11F3O4/c1-9-8-13(21)14(15(22)23-9)12(20)7-6-10-4-2-3-5-11(10)16(17,18)19/h2-8,21H,1H3. The summed E-state index contributed by atoms with van der Waals surface area (Å²) in [5.41, 5.74) is -2.83. The zero-order valence-corrected chi connectivity index (χ0v) is 11.8. The number of carbonyl (C=O) groups excluding carboxylic acids is 1. The number of allylic oxidation sites excluding steroid dienone is 1. The summed E-state index contributed by atoms with van der Waals surface area (Å²) < 4.78 is 43.2. The molecule has 0 saturated heterocycles. The predicted octanol–water partition coefficient (Wildman–Crippen LogP) is 3.57. The lowest BCUT2D eigenvalue weighted by molar-refractivity contribution is -0.137. The van der Waals surface area contributed by atoms with Crippen LogP contribution in [0.15, 0.2) is 45.6 Å². The van der Waals surface area contributed by atoms with Gasteiger partial charge >= 0.3 is 11.8 Å². The Kier molecular flexibility index (Phi) is 4.40. The molecule has 0 spiro atoms. The summed E-state index contributed by atoms with van der Waals surface area (Å²) in [5.74, 6) is -1.43. The number of ketones is 1. The summed E-state index contributed by atoms with van der Waals surface area (Å²) in [6.07, 6.45) is -2.86. The van der Waals surface area contributed by atoms with E-state index in [1.165, 1.54) is 25.1 Å². The van der Waals surface area contributed by atoms with E-state index in [0.29, 0.717) is 0 Å². The van der Waals surface area contributed by atoms with Crippen LogP contribution in [0.2, 0.25) is 0 Å². The van der Waals surface area contributed by atoms with Gasteiger partial charge in [-0.2, -0.15) is 13.2 Å². The minimum atomic E-state index is -4.57. The molecule has 0 amide bonds. The van der Waals surface area contributed by atoms with E-state index in [0.717, 1.165) is 24.3 Å². The molecule has 0 radical (unpaired) electrons. The topological polar surface area (TPSA) is 67.5 Å². The molecule has 0 atom stereocenters. The van der Waals surface area contributed by atoms with Gasteiger partial charge in [0.05, 0.1) is 5.56 Å². The molecule has 120 valence electrons. The van der Waals surface area contributed by atoms with Gasteiger partial charge in [0.2, 0.25) is 0 Å². The van der Waals surface area contributed by atoms with Crippen molar-refractivity contribution in [2.75, 3.05) is 0 Å². The quantitative estimate of drug-likeness (QED) is 0.692. The van der Waals surface area contributed by atoms with Crippen molar-refractivity contribution in [1.82, 2.24) is 0 Å². The molecule has 1 aromatic carbocycles. The number of alkyl halides is 3. The molecular weight excluding hydrogens is 313 g/mol. The summed E-state index contributed by atoms with van der Waals surface area (Å²) >= 11 is 0. The van der Waals surface area contributed by atoms with Crippen molar-refractivity contribution in [3.05, 3.63) is 69.3 Å². The highest BCUT2D eigenvalue weighted by Crippen LogP contribution is 2.32. The van der Waals surface area contributed by atoms with Gasteiger partial charge in [-0.25, -0.2) is 4.79 Å². The molecule has 0 fully saturated rings. The first kappa shape index (κ1) is 16.5. The average Bonchev–Trinajstić information content (AvgIpc) is 2.43. The molecule has 0 unspecified atom stereocenters. The number of hydrogen-bond donors (Lipinski definition) is 1. The van der Waals surface area contributed by atoms with E-state index in [1.54, 1.807) is 0 Å². The molecule has 0 saturated carbocycles. The smallest absolute Gasteiger partial charge is 0.416 e. The molecule has 0 aliphatic heterocycles. The van der Waals surface area contributed by atoms with Gasteiger partial charge in [-0.3, -0.25) is 4.79 Å². The molecule has 2 rings (SSSR count). The summed E-state index contributed by atoms with van der Waals surface area (Å²) in [4.78, 5) is 23.5. The number of hydrogen-bond acceptors (Lipinski definition) is 4. The van der Waals surface area contributed by atoms with Crippen LogP contribution >= 0.6 is 0 Å². The fraction of sp³-hybridized carbons (Fsp3) is 0.125. The fourth-order valence-electron chi connectivity index (χ4n) is 1.97. The highest BCUT2D eigenvalue weighted by Gasteiger charge is 2.32. The van der Waals surface area contributed by atoms with Gasteiger partial charge in [0.25, 0.3) is 0 Å². The molecule has 0 bridgehead atoms. The third kappa shape index (κ3) is 3.68. The Morgan fingerprint density at radius 2 is 1.91 bits per heavy atom. The Balaban J connectivity index is 2.39. The Morgan fingerprint density at radius 3 is 2.52 bits per heavy atom. The van der Waals surface area contributed by atoms with Crippen LogP contribution in [0.4, 0.5) is 13.2 Å². The van der Waals surface area contributed by atoms with Crippen LogP contribution in [0.1, 0.15) is 27.2 Å². The third-order valence-electron chi connectivity index (χ3n) is 2.98. The molecule has 1 aromatic heterocycles. The van der Waals surface area contributed by atoms with Crippen LogP contribution in [0.25, 0.3) is 6.08 Å². The number of rotatable bonds is 3. The molecule has 4 nitrogen and oxygen atoms in total. The minimum absolute atomic E-state index is 0.107. The van der Waals surface area contributed by atoms with Crippen LogP contribution in [0.3, 0.4) is 0 Å². The second-order valence-corrected chi connectivity index (χ2v) is 4.69. The van der Waals surface area contributed by atoms with Gasteiger partial charge in [0.15, 0.2) is 5.78 Å². The highest BCUT2D eigenvalue weighted by molar-refractivity contribution is 6.08. The summed E-state index contributed by atoms with van der Waals surface area (Å²) in [6, 6.07) is 5.75. The van der Waals surface area contributed by atoms with Crippen molar-refractivity contribution in [2.45, 2.75) is 13.1 Å². The molecule has 1 heterocycles. The van der Waals surface area contributed by atoms with E-state index in [4.69, 9.17) is 0 Å². The fourth-order valence-corrected chi connectivity index (χ4v) is 1.97. The van der Waals surface area contributed by atoms with Crippen molar-refractivity contribution in [1.29, 1.82) is 0 Å². The average molecular weight is 324 g/mol. The first-order chi connectivity index (χ1) is 10.7. The van der Waals surface area contributed by atoms with Crippen LogP contribution in [0.5, 0.6) is 5.75 Å². The van der Waals surface area contributed by atoms with E-state index in [-0.39, 0.29) is 11.3 Å². The summed E-state index contributed by atoms with van der Waals surface area (Å²) in [5, 5.41) is 9.63. The van der Waals surface area contributed by atoms with E-state index < -0.39 is 34.5 Å². The van der Waals surface area contributed by atoms with E-state index in [1.807, 2.05) is 0 Å². The van der Waals surface area contributed by atoms with Gasteiger partial charge in [-0.15, -0.1) is 0 Å². The maximum atomic E-state index is 12.8. The first-order valence-electron chi connectivity index (χ1n) is 6.42. The third-order valence-corrected chi connectivity index (χ3v) is 2.98. The molecule has 0 aliphatic rings. The van der Waals surface area contributed by atoms with Crippen LogP contribution < -0.4 is 5.63 Å². The lowest BCUT2D eigenvalue weighted by Gasteiger charge is -2.09. The van der Waals surface area contributed by atoms with Crippen molar-refractivity contribution < 1.29 is 27.5 Å². The molecule has 2 aromatic rings. The second-order valence-electron chi connectivity index (χ2n) is 4.69. The summed E-state index contributed by atoms with van der Waals surface area (Å²) in [7, 11) is 0. The number of aromatic hydroxyl groups is 1. The monoisotopic (exact) mass is 324 g/mol. The summed E-state index contributed by atoms with van der Waals surface area (Å²) in [6.45, 7) is 1.41. The highest BCUT2D eigenvalue weighted by atomic mass is 19.4. The lowest BCUT2D eigenvalue weighted by atomic mass is 10.0. The number of carbonyl (C=O) groups is 1. The Morgan fingerprint density at radius 1 is 1.26 bits per heavy atom. The molecule has 23 heavy (non-hydrogen) atoms.